The lowest BCUT2D eigenvalue weighted by molar-refractivity contribution is -0.118. The van der Waals surface area contributed by atoms with Crippen molar-refractivity contribution in [3.63, 3.8) is 0 Å². The molecule has 2 aromatic carbocycles. The van der Waals surface area contributed by atoms with E-state index in [4.69, 9.17) is 5.73 Å². The Morgan fingerprint density at radius 2 is 1.75 bits per heavy atom. The summed E-state index contributed by atoms with van der Waals surface area (Å²) in [5.74, 6) is -2.04. The lowest BCUT2D eigenvalue weighted by Gasteiger charge is -2.22. The first-order valence-corrected chi connectivity index (χ1v) is 7.95. The lowest BCUT2D eigenvalue weighted by Crippen LogP contribution is -2.30. The van der Waals surface area contributed by atoms with Gasteiger partial charge in [-0.25, -0.2) is 8.78 Å². The van der Waals surface area contributed by atoms with Crippen LogP contribution in [0.5, 0.6) is 0 Å². The first kappa shape index (κ1) is 18.1. The number of halogens is 2. The van der Waals surface area contributed by atoms with Gasteiger partial charge in [-0.15, -0.1) is 0 Å². The summed E-state index contributed by atoms with van der Waals surface area (Å²) in [5.41, 5.74) is 6.94. The van der Waals surface area contributed by atoms with Crippen LogP contribution in [-0.2, 0) is 17.8 Å². The lowest BCUT2D eigenvalue weighted by atomic mass is 10.1. The highest BCUT2D eigenvalue weighted by molar-refractivity contribution is 5.73. The molecule has 2 rings (SSSR count). The van der Waals surface area contributed by atoms with Gasteiger partial charge < -0.3 is 5.73 Å². The molecule has 0 fully saturated rings. The molecule has 128 valence electrons. The van der Waals surface area contributed by atoms with Gasteiger partial charge in [-0.05, 0) is 24.5 Å². The molecule has 0 aliphatic rings. The molecular weight excluding hydrogens is 310 g/mol. The third-order valence-corrected chi connectivity index (χ3v) is 3.98. The highest BCUT2D eigenvalue weighted by Crippen LogP contribution is 2.18. The molecule has 0 unspecified atom stereocenters. The second-order valence-electron chi connectivity index (χ2n) is 5.90. The number of carbonyl (C=O) groups excluding carboxylic acids is 1. The van der Waals surface area contributed by atoms with E-state index in [1.54, 1.807) is 12.1 Å². The molecule has 0 aromatic heterocycles. The van der Waals surface area contributed by atoms with Gasteiger partial charge in [-0.2, -0.15) is 0 Å². The van der Waals surface area contributed by atoms with Gasteiger partial charge in [0, 0.05) is 31.6 Å². The van der Waals surface area contributed by atoms with E-state index >= 15 is 0 Å². The third-order valence-electron chi connectivity index (χ3n) is 3.98. The van der Waals surface area contributed by atoms with E-state index in [-0.39, 0.29) is 24.1 Å². The summed E-state index contributed by atoms with van der Waals surface area (Å²) in [5, 5.41) is 0. The van der Waals surface area contributed by atoms with Crippen molar-refractivity contribution in [3.05, 3.63) is 70.8 Å². The van der Waals surface area contributed by atoms with Crippen molar-refractivity contribution >= 4 is 5.91 Å². The van der Waals surface area contributed by atoms with E-state index in [0.717, 1.165) is 12.0 Å². The molecule has 0 atom stereocenters. The minimum absolute atomic E-state index is 0.185. The Labute approximate surface area is 141 Å². The molecule has 0 aliphatic heterocycles. The molecule has 0 aliphatic carbocycles. The summed E-state index contributed by atoms with van der Waals surface area (Å²) in [6, 6.07) is 13.0. The van der Waals surface area contributed by atoms with Crippen molar-refractivity contribution in [2.75, 3.05) is 13.1 Å². The van der Waals surface area contributed by atoms with E-state index in [9.17, 15) is 13.6 Å². The van der Waals surface area contributed by atoms with Crippen LogP contribution in [0.15, 0.2) is 42.5 Å². The number of hydrogen-bond donors (Lipinski definition) is 1. The molecular formula is C19H22F2N2O. The molecule has 2 N–H and O–H groups in total. The summed E-state index contributed by atoms with van der Waals surface area (Å²) in [6.07, 6.45) is 0.945. The van der Waals surface area contributed by atoms with E-state index in [1.165, 1.54) is 6.92 Å². The number of carbonyl (C=O) groups is 1. The summed E-state index contributed by atoms with van der Waals surface area (Å²) in [7, 11) is 0. The maximum absolute atomic E-state index is 14.1. The Morgan fingerprint density at radius 1 is 1.04 bits per heavy atom. The number of nitrogens with zero attached hydrogens (tertiary/aromatic N) is 1. The highest BCUT2D eigenvalue weighted by Gasteiger charge is 2.15. The van der Waals surface area contributed by atoms with Gasteiger partial charge >= 0.3 is 0 Å². The van der Waals surface area contributed by atoms with Gasteiger partial charge in [0.15, 0.2) is 11.6 Å². The molecule has 0 bridgehead atoms. The van der Waals surface area contributed by atoms with Gasteiger partial charge in [0.1, 0.15) is 0 Å². The molecule has 2 aromatic rings. The van der Waals surface area contributed by atoms with Crippen LogP contribution >= 0.6 is 0 Å². The minimum atomic E-state index is -0.821. The third kappa shape index (κ3) is 5.13. The maximum Gasteiger partial charge on any atom is 0.218 e. The monoisotopic (exact) mass is 332 g/mol. The first-order valence-electron chi connectivity index (χ1n) is 7.95. The summed E-state index contributed by atoms with van der Waals surface area (Å²) >= 11 is 0. The second-order valence-corrected chi connectivity index (χ2v) is 5.90. The van der Waals surface area contributed by atoms with Crippen LogP contribution in [0.4, 0.5) is 8.78 Å². The quantitative estimate of drug-likeness (QED) is 0.807. The van der Waals surface area contributed by atoms with E-state index in [2.05, 4.69) is 0 Å². The van der Waals surface area contributed by atoms with Gasteiger partial charge in [-0.1, -0.05) is 42.5 Å². The molecule has 1 amide bonds. The largest absolute Gasteiger partial charge is 0.370 e. The standard InChI is InChI=1S/C19H22F2N2O/c1-14-7-8-16(19(21)18(14)20)13-23(12-10-17(22)24)11-9-15-5-3-2-4-6-15/h2-8H,9-13H2,1H3,(H2,22,24). The van der Waals surface area contributed by atoms with Crippen LogP contribution in [0.25, 0.3) is 0 Å². The number of amides is 1. The zero-order valence-corrected chi connectivity index (χ0v) is 13.8. The fourth-order valence-corrected chi connectivity index (χ4v) is 2.52. The van der Waals surface area contributed by atoms with Gasteiger partial charge in [0.2, 0.25) is 5.91 Å². The van der Waals surface area contributed by atoms with Gasteiger partial charge in [0.05, 0.1) is 0 Å². The smallest absolute Gasteiger partial charge is 0.218 e. The van der Waals surface area contributed by atoms with Gasteiger partial charge in [0.25, 0.3) is 0 Å². The SMILES string of the molecule is Cc1ccc(CN(CCC(N)=O)CCc2ccccc2)c(F)c1F. The summed E-state index contributed by atoms with van der Waals surface area (Å²) in [4.78, 5) is 13.0. The van der Waals surface area contributed by atoms with Crippen molar-refractivity contribution in [1.29, 1.82) is 0 Å². The van der Waals surface area contributed by atoms with Crippen molar-refractivity contribution < 1.29 is 13.6 Å². The number of aryl methyl sites for hydroxylation is 1. The molecule has 0 saturated heterocycles. The predicted molar refractivity (Wildman–Crippen MR) is 90.3 cm³/mol. The van der Waals surface area contributed by atoms with Crippen LogP contribution in [-0.4, -0.2) is 23.9 Å². The average molecular weight is 332 g/mol. The molecule has 0 saturated carbocycles. The van der Waals surface area contributed by atoms with Crippen LogP contribution < -0.4 is 5.73 Å². The fraction of sp³-hybridized carbons (Fsp3) is 0.316. The van der Waals surface area contributed by atoms with Crippen LogP contribution in [0.1, 0.15) is 23.1 Å². The normalized spacial score (nSPS) is 11.0. The first-order chi connectivity index (χ1) is 11.5. The maximum atomic E-state index is 14.1. The molecule has 0 spiro atoms. The molecule has 0 radical (unpaired) electrons. The Hall–Kier alpha value is -2.27. The van der Waals surface area contributed by atoms with Crippen molar-refractivity contribution in [3.8, 4) is 0 Å². The van der Waals surface area contributed by atoms with E-state index in [0.29, 0.717) is 13.1 Å². The minimum Gasteiger partial charge on any atom is -0.370 e. The molecule has 24 heavy (non-hydrogen) atoms. The van der Waals surface area contributed by atoms with Crippen molar-refractivity contribution in [2.45, 2.75) is 26.3 Å². The number of primary amides is 1. The van der Waals surface area contributed by atoms with Crippen LogP contribution in [0.2, 0.25) is 0 Å². The number of hydrogen-bond acceptors (Lipinski definition) is 2. The average Bonchev–Trinajstić information content (AvgIpc) is 2.58. The Morgan fingerprint density at radius 3 is 2.42 bits per heavy atom. The molecule has 0 heterocycles. The van der Waals surface area contributed by atoms with Crippen molar-refractivity contribution in [2.24, 2.45) is 5.73 Å². The van der Waals surface area contributed by atoms with E-state index in [1.807, 2.05) is 35.2 Å². The number of benzene rings is 2. The zero-order chi connectivity index (χ0) is 17.5. The predicted octanol–water partition coefficient (Wildman–Crippen LogP) is 3.19. The number of nitrogens with two attached hydrogens (primary N) is 1. The topological polar surface area (TPSA) is 46.3 Å². The second kappa shape index (κ2) is 8.55. The van der Waals surface area contributed by atoms with Crippen LogP contribution in [0, 0.1) is 18.6 Å². The zero-order valence-electron chi connectivity index (χ0n) is 13.8. The highest BCUT2D eigenvalue weighted by atomic mass is 19.2. The number of rotatable bonds is 8. The molecule has 5 heteroatoms. The van der Waals surface area contributed by atoms with E-state index < -0.39 is 17.5 Å². The Balaban J connectivity index is 2.08. The summed E-state index contributed by atoms with van der Waals surface area (Å²) in [6.45, 7) is 2.81. The van der Waals surface area contributed by atoms with Crippen LogP contribution in [0.3, 0.4) is 0 Å². The fourth-order valence-electron chi connectivity index (χ4n) is 2.52. The molecule has 3 nitrogen and oxygen atoms in total. The summed E-state index contributed by atoms with van der Waals surface area (Å²) < 4.78 is 27.8. The van der Waals surface area contributed by atoms with Gasteiger partial charge in [-0.3, -0.25) is 9.69 Å². The Bertz CT molecular complexity index is 689. The van der Waals surface area contributed by atoms with Crippen molar-refractivity contribution in [1.82, 2.24) is 4.90 Å². The Kier molecular flexibility index (Phi) is 6.44.